The third-order valence-corrected chi connectivity index (χ3v) is 7.31. The van der Waals surface area contributed by atoms with Crippen molar-refractivity contribution in [2.45, 2.75) is 31.6 Å². The molecule has 0 fully saturated rings. The second-order valence-corrected chi connectivity index (χ2v) is 10.1. The Balaban J connectivity index is 1.43. The standard InChI is InChI=1S/C31H22F6N4/c1-17-3-13-23-25(15-17)40-27(38-23)19-5-9-21(10-6-19)29(30(32,33)34,31(35,36)37)22-11-7-20(8-12-22)28-39-24-14-4-18(2)16-26(24)41-28/h3-16H,1-2H3,(H,38,40)(H,39,41). The van der Waals surface area contributed by atoms with Crippen LogP contribution in [0.1, 0.15) is 22.3 Å². The van der Waals surface area contributed by atoms with Crippen molar-refractivity contribution in [3.63, 3.8) is 0 Å². The van der Waals surface area contributed by atoms with Crippen molar-refractivity contribution in [2.24, 2.45) is 0 Å². The average molecular weight is 565 g/mol. The molecule has 0 atom stereocenters. The van der Waals surface area contributed by atoms with E-state index in [0.717, 1.165) is 35.4 Å². The average Bonchev–Trinajstić information content (AvgIpc) is 3.52. The number of fused-ring (bicyclic) bond motifs is 2. The van der Waals surface area contributed by atoms with Gasteiger partial charge in [-0.3, -0.25) is 0 Å². The number of alkyl halides is 6. The first-order valence-electron chi connectivity index (χ1n) is 12.6. The van der Waals surface area contributed by atoms with Crippen molar-refractivity contribution in [3.05, 3.63) is 107 Å². The summed E-state index contributed by atoms with van der Waals surface area (Å²) in [5.74, 6) is 0.680. The molecule has 0 spiro atoms. The van der Waals surface area contributed by atoms with Crippen LogP contribution in [0.25, 0.3) is 44.8 Å². The topological polar surface area (TPSA) is 57.4 Å². The Labute approximate surface area is 230 Å². The number of aromatic amines is 2. The van der Waals surface area contributed by atoms with Crippen LogP contribution < -0.4 is 0 Å². The van der Waals surface area contributed by atoms with Gasteiger partial charge in [-0.2, -0.15) is 26.3 Å². The molecule has 41 heavy (non-hydrogen) atoms. The summed E-state index contributed by atoms with van der Waals surface area (Å²) in [5.41, 5.74) is -0.786. The number of hydrogen-bond acceptors (Lipinski definition) is 2. The van der Waals surface area contributed by atoms with E-state index in [9.17, 15) is 26.3 Å². The van der Waals surface area contributed by atoms with Gasteiger partial charge in [-0.25, -0.2) is 9.97 Å². The Kier molecular flexibility index (Phi) is 5.99. The van der Waals surface area contributed by atoms with E-state index < -0.39 is 28.9 Å². The third-order valence-electron chi connectivity index (χ3n) is 7.31. The molecule has 0 aliphatic heterocycles. The van der Waals surface area contributed by atoms with Crippen molar-refractivity contribution in [3.8, 4) is 22.8 Å². The number of halogens is 6. The van der Waals surface area contributed by atoms with Crippen LogP contribution in [-0.4, -0.2) is 32.3 Å². The highest BCUT2D eigenvalue weighted by Gasteiger charge is 2.72. The fourth-order valence-electron chi connectivity index (χ4n) is 5.26. The van der Waals surface area contributed by atoms with Crippen LogP contribution in [-0.2, 0) is 5.41 Å². The van der Waals surface area contributed by atoms with Gasteiger partial charge >= 0.3 is 12.4 Å². The molecule has 2 aromatic heterocycles. The van der Waals surface area contributed by atoms with Gasteiger partial charge in [-0.05, 0) is 60.4 Å². The summed E-state index contributed by atoms with van der Waals surface area (Å²) in [6.07, 6.45) is -11.4. The van der Waals surface area contributed by atoms with Gasteiger partial charge in [-0.15, -0.1) is 0 Å². The normalized spacial score (nSPS) is 12.9. The summed E-state index contributed by atoms with van der Waals surface area (Å²) in [4.78, 5) is 15.0. The van der Waals surface area contributed by atoms with Crippen molar-refractivity contribution in [1.29, 1.82) is 0 Å². The fraction of sp³-hybridized carbons (Fsp3) is 0.161. The van der Waals surface area contributed by atoms with Crippen LogP contribution >= 0.6 is 0 Å². The molecule has 0 aliphatic carbocycles. The number of nitrogens with one attached hydrogen (secondary N) is 2. The molecule has 0 bridgehead atoms. The zero-order chi connectivity index (χ0) is 29.2. The second-order valence-electron chi connectivity index (χ2n) is 10.1. The number of benzene rings is 4. The van der Waals surface area contributed by atoms with E-state index in [0.29, 0.717) is 44.8 Å². The molecule has 6 aromatic rings. The lowest BCUT2D eigenvalue weighted by Crippen LogP contribution is -2.54. The van der Waals surface area contributed by atoms with Gasteiger partial charge in [0.2, 0.25) is 5.41 Å². The van der Waals surface area contributed by atoms with Crippen LogP contribution in [0, 0.1) is 13.8 Å². The molecule has 208 valence electrons. The molecule has 10 heteroatoms. The lowest BCUT2D eigenvalue weighted by Gasteiger charge is -2.38. The highest BCUT2D eigenvalue weighted by Crippen LogP contribution is 2.56. The van der Waals surface area contributed by atoms with Gasteiger partial charge < -0.3 is 9.97 Å². The molecule has 0 saturated carbocycles. The van der Waals surface area contributed by atoms with Crippen LogP contribution in [0.5, 0.6) is 0 Å². The Morgan fingerprint density at radius 2 is 0.878 bits per heavy atom. The Bertz CT molecular complexity index is 1740. The third kappa shape index (κ3) is 4.34. The first-order chi connectivity index (χ1) is 19.4. The van der Waals surface area contributed by atoms with E-state index >= 15 is 0 Å². The van der Waals surface area contributed by atoms with E-state index in [2.05, 4.69) is 19.9 Å². The largest absolute Gasteiger partial charge is 0.411 e. The van der Waals surface area contributed by atoms with Gasteiger partial charge in [0.1, 0.15) is 11.6 Å². The molecule has 0 unspecified atom stereocenters. The highest BCUT2D eigenvalue weighted by atomic mass is 19.4. The first kappa shape index (κ1) is 26.6. The Hall–Kier alpha value is -4.60. The maximum Gasteiger partial charge on any atom is 0.411 e. The minimum atomic E-state index is -5.69. The second kappa shape index (κ2) is 9.22. The first-order valence-corrected chi connectivity index (χ1v) is 12.6. The Morgan fingerprint density at radius 1 is 0.512 bits per heavy atom. The minimum Gasteiger partial charge on any atom is -0.338 e. The summed E-state index contributed by atoms with van der Waals surface area (Å²) in [5, 5.41) is 0. The maximum absolute atomic E-state index is 14.7. The zero-order valence-electron chi connectivity index (χ0n) is 21.7. The van der Waals surface area contributed by atoms with Crippen LogP contribution in [0.15, 0.2) is 84.9 Å². The Morgan fingerprint density at radius 3 is 1.22 bits per heavy atom. The van der Waals surface area contributed by atoms with Crippen LogP contribution in [0.4, 0.5) is 26.3 Å². The summed E-state index contributed by atoms with van der Waals surface area (Å²) in [6.45, 7) is 3.79. The molecular formula is C31H22F6N4. The molecule has 2 N–H and O–H groups in total. The molecule has 0 saturated heterocycles. The number of hydrogen-bond donors (Lipinski definition) is 2. The highest BCUT2D eigenvalue weighted by molar-refractivity contribution is 5.81. The number of imidazole rings is 2. The maximum atomic E-state index is 14.7. The monoisotopic (exact) mass is 564 g/mol. The van der Waals surface area contributed by atoms with Crippen molar-refractivity contribution < 1.29 is 26.3 Å². The molecular weight excluding hydrogens is 542 g/mol. The summed E-state index contributed by atoms with van der Waals surface area (Å²) in [6, 6.07) is 19.3. The van der Waals surface area contributed by atoms with Crippen LogP contribution in [0.3, 0.4) is 0 Å². The van der Waals surface area contributed by atoms with Gasteiger partial charge in [0, 0.05) is 11.1 Å². The summed E-state index contributed by atoms with van der Waals surface area (Å²) >= 11 is 0. The summed E-state index contributed by atoms with van der Waals surface area (Å²) in [7, 11) is 0. The van der Waals surface area contributed by atoms with E-state index in [1.165, 1.54) is 24.3 Å². The van der Waals surface area contributed by atoms with E-state index in [1.54, 1.807) is 12.1 Å². The number of rotatable bonds is 4. The number of H-pyrrole nitrogens is 2. The minimum absolute atomic E-state index is 0.340. The predicted octanol–water partition coefficient (Wildman–Crippen LogP) is 8.80. The number of aromatic nitrogens is 4. The molecule has 0 amide bonds. The predicted molar refractivity (Wildman–Crippen MR) is 145 cm³/mol. The van der Waals surface area contributed by atoms with Crippen molar-refractivity contribution in [1.82, 2.24) is 19.9 Å². The molecule has 0 radical (unpaired) electrons. The van der Waals surface area contributed by atoms with E-state index in [1.807, 2.05) is 38.1 Å². The SMILES string of the molecule is Cc1ccc2nc(-c3ccc(C(c4ccc(-c5nc6ccc(C)cc6[nH]5)cc4)(C(F)(F)F)C(F)(F)F)cc3)[nH]c2c1. The molecule has 4 nitrogen and oxygen atoms in total. The number of aryl methyl sites for hydroxylation is 2. The lowest BCUT2D eigenvalue weighted by molar-refractivity contribution is -0.288. The zero-order valence-corrected chi connectivity index (χ0v) is 21.7. The van der Waals surface area contributed by atoms with Gasteiger partial charge in [-0.1, -0.05) is 60.7 Å². The van der Waals surface area contributed by atoms with Crippen LogP contribution in [0.2, 0.25) is 0 Å². The molecule has 0 aliphatic rings. The van der Waals surface area contributed by atoms with Crippen molar-refractivity contribution >= 4 is 22.1 Å². The smallest absolute Gasteiger partial charge is 0.338 e. The van der Waals surface area contributed by atoms with E-state index in [4.69, 9.17) is 0 Å². The van der Waals surface area contributed by atoms with Gasteiger partial charge in [0.05, 0.1) is 22.1 Å². The molecule has 6 rings (SSSR count). The number of nitrogens with zero attached hydrogens (tertiary/aromatic N) is 2. The lowest BCUT2D eigenvalue weighted by atomic mass is 9.72. The van der Waals surface area contributed by atoms with Gasteiger partial charge in [0.25, 0.3) is 0 Å². The quantitative estimate of drug-likeness (QED) is 0.210. The molecule has 4 aromatic carbocycles. The van der Waals surface area contributed by atoms with E-state index in [-0.39, 0.29) is 0 Å². The fourth-order valence-corrected chi connectivity index (χ4v) is 5.26. The van der Waals surface area contributed by atoms with Crippen molar-refractivity contribution in [2.75, 3.05) is 0 Å². The summed E-state index contributed by atoms with van der Waals surface area (Å²) < 4.78 is 88.1. The molecule has 2 heterocycles. The van der Waals surface area contributed by atoms with Gasteiger partial charge in [0.15, 0.2) is 0 Å².